The maximum Gasteiger partial charge on any atom is 0.355 e. The number of nitrogens with zero attached hydrogens (tertiary/aromatic N) is 1. The molecule has 0 bridgehead atoms. The van der Waals surface area contributed by atoms with E-state index in [1.54, 1.807) is 24.3 Å². The van der Waals surface area contributed by atoms with Crippen molar-refractivity contribution in [1.82, 2.24) is 5.43 Å². The number of hydrogen-bond donors (Lipinski definition) is 2. The molecule has 2 N–H and O–H groups in total. The predicted octanol–water partition coefficient (Wildman–Crippen LogP) is 1.48. The summed E-state index contributed by atoms with van der Waals surface area (Å²) in [4.78, 5) is 34.7. The average molecular weight is 324 g/mol. The van der Waals surface area contributed by atoms with Crippen LogP contribution in [0.1, 0.15) is 19.8 Å². The molecule has 0 spiro atoms. The molecule has 0 saturated carbocycles. The first-order valence-electron chi connectivity index (χ1n) is 6.58. The fourth-order valence-corrected chi connectivity index (χ4v) is 1.90. The maximum absolute atomic E-state index is 12.0. The number of nitrogens with one attached hydrogen (secondary N) is 2. The summed E-state index contributed by atoms with van der Waals surface area (Å²) in [5.41, 5.74) is 2.78. The lowest BCUT2D eigenvalue weighted by molar-refractivity contribution is -0.146. The molecule has 1 heterocycles. The van der Waals surface area contributed by atoms with Crippen molar-refractivity contribution in [3.05, 3.63) is 29.3 Å². The molecule has 1 aliphatic rings. The van der Waals surface area contributed by atoms with E-state index < -0.39 is 18.0 Å². The Morgan fingerprint density at radius 3 is 2.82 bits per heavy atom. The van der Waals surface area contributed by atoms with E-state index in [2.05, 4.69) is 15.8 Å². The Bertz CT molecular complexity index is 645. The van der Waals surface area contributed by atoms with E-state index in [1.165, 1.54) is 6.92 Å². The van der Waals surface area contributed by atoms with E-state index in [0.29, 0.717) is 10.7 Å². The lowest BCUT2D eigenvalue weighted by Gasteiger charge is -2.16. The van der Waals surface area contributed by atoms with Crippen molar-refractivity contribution in [2.24, 2.45) is 5.10 Å². The summed E-state index contributed by atoms with van der Waals surface area (Å²) in [6.07, 6.45) is -0.656. The Hall–Kier alpha value is -2.41. The van der Waals surface area contributed by atoms with Gasteiger partial charge in [0.25, 0.3) is 5.91 Å². The first kappa shape index (κ1) is 16.0. The van der Waals surface area contributed by atoms with E-state index in [4.69, 9.17) is 16.3 Å². The molecule has 8 heteroatoms. The van der Waals surface area contributed by atoms with Crippen LogP contribution in [-0.4, -0.2) is 29.6 Å². The highest BCUT2D eigenvalue weighted by Gasteiger charge is 2.24. The zero-order chi connectivity index (χ0) is 16.1. The second-order valence-corrected chi connectivity index (χ2v) is 5.08. The summed E-state index contributed by atoms with van der Waals surface area (Å²) in [7, 11) is 0. The summed E-state index contributed by atoms with van der Waals surface area (Å²) in [6.45, 7) is 1.44. The van der Waals surface area contributed by atoms with Crippen LogP contribution in [0, 0.1) is 0 Å². The highest BCUT2D eigenvalue weighted by atomic mass is 35.5. The van der Waals surface area contributed by atoms with Gasteiger partial charge in [-0.1, -0.05) is 17.7 Å². The van der Waals surface area contributed by atoms with Gasteiger partial charge in [0.2, 0.25) is 5.91 Å². The van der Waals surface area contributed by atoms with Crippen molar-refractivity contribution in [1.29, 1.82) is 0 Å². The summed E-state index contributed by atoms with van der Waals surface area (Å²) < 4.78 is 5.02. The minimum Gasteiger partial charge on any atom is -0.448 e. The number of hydrogen-bond acceptors (Lipinski definition) is 5. The number of benzene rings is 1. The minimum atomic E-state index is -1.01. The molecule has 1 atom stereocenters. The lowest BCUT2D eigenvalue weighted by atomic mass is 10.2. The van der Waals surface area contributed by atoms with Gasteiger partial charge in [0.1, 0.15) is 5.71 Å². The molecule has 116 valence electrons. The van der Waals surface area contributed by atoms with Crippen LogP contribution in [0.15, 0.2) is 29.4 Å². The smallest absolute Gasteiger partial charge is 0.355 e. The van der Waals surface area contributed by atoms with E-state index in [-0.39, 0.29) is 24.5 Å². The number of halogens is 1. The van der Waals surface area contributed by atoms with Gasteiger partial charge in [0, 0.05) is 23.6 Å². The van der Waals surface area contributed by atoms with Crippen molar-refractivity contribution in [3.63, 3.8) is 0 Å². The van der Waals surface area contributed by atoms with Crippen molar-refractivity contribution in [3.8, 4) is 0 Å². The van der Waals surface area contributed by atoms with Crippen molar-refractivity contribution in [2.75, 3.05) is 5.32 Å². The maximum atomic E-state index is 12.0. The first-order valence-corrected chi connectivity index (χ1v) is 6.96. The van der Waals surface area contributed by atoms with Gasteiger partial charge in [0.05, 0.1) is 0 Å². The number of hydrazone groups is 1. The molecule has 0 unspecified atom stereocenters. The van der Waals surface area contributed by atoms with Crippen molar-refractivity contribution in [2.45, 2.75) is 25.9 Å². The Balaban J connectivity index is 1.91. The molecule has 0 fully saturated rings. The normalized spacial score (nSPS) is 15.4. The number of carbonyl (C=O) groups excluding carboxylic acids is 3. The summed E-state index contributed by atoms with van der Waals surface area (Å²) in [5, 5.41) is 6.68. The summed E-state index contributed by atoms with van der Waals surface area (Å²) in [5.74, 6) is -1.48. The van der Waals surface area contributed by atoms with Gasteiger partial charge in [-0.2, -0.15) is 5.10 Å². The molecule has 0 saturated heterocycles. The number of rotatable bonds is 4. The molecular formula is C14H14ClN3O4. The SMILES string of the molecule is C[C@@H](OC(=O)C1=NNC(=O)CC1)C(=O)Nc1cccc(Cl)c1. The van der Waals surface area contributed by atoms with Crippen LogP contribution in [-0.2, 0) is 19.1 Å². The third kappa shape index (κ3) is 4.29. The van der Waals surface area contributed by atoms with Crippen LogP contribution in [0.2, 0.25) is 5.02 Å². The highest BCUT2D eigenvalue weighted by Crippen LogP contribution is 2.15. The van der Waals surface area contributed by atoms with Gasteiger partial charge in [-0.05, 0) is 25.1 Å². The van der Waals surface area contributed by atoms with Crippen LogP contribution < -0.4 is 10.7 Å². The van der Waals surface area contributed by atoms with Gasteiger partial charge >= 0.3 is 5.97 Å². The number of esters is 1. The fourth-order valence-electron chi connectivity index (χ4n) is 1.71. The van der Waals surface area contributed by atoms with Crippen LogP contribution >= 0.6 is 11.6 Å². The van der Waals surface area contributed by atoms with Crippen molar-refractivity contribution >= 4 is 40.8 Å². The monoisotopic (exact) mass is 323 g/mol. The minimum absolute atomic E-state index is 0.0852. The zero-order valence-electron chi connectivity index (χ0n) is 11.8. The quantitative estimate of drug-likeness (QED) is 0.820. The average Bonchev–Trinajstić information content (AvgIpc) is 2.47. The third-order valence-corrected chi connectivity index (χ3v) is 3.12. The number of carbonyl (C=O) groups is 3. The lowest BCUT2D eigenvalue weighted by Crippen LogP contribution is -2.35. The Labute approximate surface area is 131 Å². The van der Waals surface area contributed by atoms with Crippen LogP contribution in [0.5, 0.6) is 0 Å². The van der Waals surface area contributed by atoms with Gasteiger partial charge in [-0.3, -0.25) is 9.59 Å². The standard InChI is InChI=1S/C14H14ClN3O4/c1-8(13(20)16-10-4-2-3-9(15)7-10)22-14(21)11-5-6-12(19)18-17-11/h2-4,7-8H,5-6H2,1H3,(H,16,20)(H,18,19)/t8-/m1/s1. The highest BCUT2D eigenvalue weighted by molar-refractivity contribution is 6.37. The molecule has 2 rings (SSSR count). The molecule has 1 aromatic carbocycles. The molecule has 2 amide bonds. The second kappa shape index (κ2) is 7.04. The third-order valence-electron chi connectivity index (χ3n) is 2.89. The second-order valence-electron chi connectivity index (χ2n) is 4.64. The Morgan fingerprint density at radius 1 is 1.41 bits per heavy atom. The van der Waals surface area contributed by atoms with Crippen LogP contribution in [0.3, 0.4) is 0 Å². The van der Waals surface area contributed by atoms with Crippen LogP contribution in [0.25, 0.3) is 0 Å². The number of anilines is 1. The predicted molar refractivity (Wildman–Crippen MR) is 80.4 cm³/mol. The molecular weight excluding hydrogens is 310 g/mol. The molecule has 1 aliphatic heterocycles. The van der Waals surface area contributed by atoms with Gasteiger partial charge in [-0.15, -0.1) is 0 Å². The molecule has 22 heavy (non-hydrogen) atoms. The fraction of sp³-hybridized carbons (Fsp3) is 0.286. The van der Waals surface area contributed by atoms with E-state index in [9.17, 15) is 14.4 Å². The van der Waals surface area contributed by atoms with Gasteiger partial charge < -0.3 is 10.1 Å². The largest absolute Gasteiger partial charge is 0.448 e. The molecule has 0 radical (unpaired) electrons. The zero-order valence-corrected chi connectivity index (χ0v) is 12.5. The molecule has 1 aromatic rings. The Kier molecular flexibility index (Phi) is 5.11. The van der Waals surface area contributed by atoms with E-state index >= 15 is 0 Å². The van der Waals surface area contributed by atoms with Crippen LogP contribution in [0.4, 0.5) is 5.69 Å². The van der Waals surface area contributed by atoms with Gasteiger partial charge in [0.15, 0.2) is 6.10 Å². The Morgan fingerprint density at radius 2 is 2.18 bits per heavy atom. The van der Waals surface area contributed by atoms with Gasteiger partial charge in [-0.25, -0.2) is 10.2 Å². The summed E-state index contributed by atoms with van der Waals surface area (Å²) >= 11 is 5.82. The summed E-state index contributed by atoms with van der Waals surface area (Å²) in [6, 6.07) is 6.61. The number of amides is 2. The van der Waals surface area contributed by atoms with E-state index in [1.807, 2.05) is 0 Å². The topological polar surface area (TPSA) is 96.9 Å². The van der Waals surface area contributed by atoms with Crippen molar-refractivity contribution < 1.29 is 19.1 Å². The van der Waals surface area contributed by atoms with E-state index in [0.717, 1.165) is 0 Å². The number of ether oxygens (including phenoxy) is 1. The molecule has 0 aromatic heterocycles. The first-order chi connectivity index (χ1) is 10.5. The molecule has 7 nitrogen and oxygen atoms in total. The molecule has 0 aliphatic carbocycles.